The van der Waals surface area contributed by atoms with Crippen LogP contribution in [0.4, 0.5) is 0 Å². The highest BCUT2D eigenvalue weighted by molar-refractivity contribution is 5.74. The van der Waals surface area contributed by atoms with Crippen LogP contribution in [0.15, 0.2) is 5.10 Å². The van der Waals surface area contributed by atoms with Gasteiger partial charge >= 0.3 is 0 Å². The normalized spacial score (nSPS) is 14.6. The number of nitrogens with one attached hydrogen (secondary N) is 1. The van der Waals surface area contributed by atoms with E-state index in [1.165, 1.54) is 6.92 Å². The quantitative estimate of drug-likeness (QED) is 0.565. The van der Waals surface area contributed by atoms with Gasteiger partial charge in [-0.05, 0) is 17.8 Å². The summed E-state index contributed by atoms with van der Waals surface area (Å²) >= 11 is 0. The Balaban J connectivity index is 4.38. The van der Waals surface area contributed by atoms with E-state index in [0.29, 0.717) is 11.8 Å². The van der Waals surface area contributed by atoms with Gasteiger partial charge in [0, 0.05) is 19.1 Å². The van der Waals surface area contributed by atoms with E-state index in [0.717, 1.165) is 6.42 Å². The van der Waals surface area contributed by atoms with Crippen LogP contribution in [-0.2, 0) is 4.79 Å². The lowest BCUT2D eigenvalue weighted by Crippen LogP contribution is -2.25. The van der Waals surface area contributed by atoms with Gasteiger partial charge in [0.1, 0.15) is 0 Å². The van der Waals surface area contributed by atoms with Crippen molar-refractivity contribution in [3.8, 4) is 0 Å². The first-order chi connectivity index (χ1) is 6.73. The lowest BCUT2D eigenvalue weighted by molar-refractivity contribution is -0.118. The van der Waals surface area contributed by atoms with Crippen molar-refractivity contribution >= 4 is 12.1 Å². The third-order valence-electron chi connectivity index (χ3n) is 2.31. The first kappa shape index (κ1) is 14.1. The maximum absolute atomic E-state index is 10.7. The molecule has 0 spiro atoms. The third kappa shape index (κ3) is 7.11. The van der Waals surface area contributed by atoms with Crippen LogP contribution in [0.25, 0.3) is 0 Å². The van der Waals surface area contributed by atoms with Crippen molar-refractivity contribution in [2.24, 2.45) is 22.4 Å². The number of hydrogen-bond donors (Lipinski definition) is 1. The highest BCUT2D eigenvalue weighted by atomic mass is 16.2. The van der Waals surface area contributed by atoms with Crippen LogP contribution in [0.1, 0.15) is 48.0 Å². The summed E-state index contributed by atoms with van der Waals surface area (Å²) in [5.74, 6) is 0.908. The van der Waals surface area contributed by atoms with E-state index in [2.05, 4.69) is 45.1 Å². The van der Waals surface area contributed by atoms with Crippen molar-refractivity contribution < 1.29 is 4.79 Å². The summed E-state index contributed by atoms with van der Waals surface area (Å²) in [4.78, 5) is 10.7. The number of carbonyl (C=O) groups excluding carboxylic acids is 1. The van der Waals surface area contributed by atoms with E-state index in [9.17, 15) is 4.79 Å². The fourth-order valence-corrected chi connectivity index (χ4v) is 1.36. The van der Waals surface area contributed by atoms with E-state index in [1.807, 2.05) is 6.21 Å². The van der Waals surface area contributed by atoms with Gasteiger partial charge in [-0.3, -0.25) is 4.79 Å². The maximum Gasteiger partial charge on any atom is 0.236 e. The van der Waals surface area contributed by atoms with Gasteiger partial charge in [-0.1, -0.05) is 34.6 Å². The van der Waals surface area contributed by atoms with Gasteiger partial charge in [0.15, 0.2) is 0 Å². The standard InChI is InChI=1S/C12H24N2O/c1-9(2)7-11(12(4,5)6)8-13-14-10(3)15/h8-9,11H,7H2,1-6H3,(H,14,15)/b13-8+. The van der Waals surface area contributed by atoms with Gasteiger partial charge in [-0.15, -0.1) is 0 Å². The van der Waals surface area contributed by atoms with Crippen LogP contribution in [0.3, 0.4) is 0 Å². The summed E-state index contributed by atoms with van der Waals surface area (Å²) in [6, 6.07) is 0. The Morgan fingerprint density at radius 1 is 1.40 bits per heavy atom. The van der Waals surface area contributed by atoms with Crippen molar-refractivity contribution in [2.45, 2.75) is 48.0 Å². The first-order valence-electron chi connectivity index (χ1n) is 5.53. The highest BCUT2D eigenvalue weighted by Crippen LogP contribution is 2.29. The van der Waals surface area contributed by atoms with E-state index >= 15 is 0 Å². The average Bonchev–Trinajstić information content (AvgIpc) is 1.99. The molecule has 1 N–H and O–H groups in total. The molecule has 1 unspecified atom stereocenters. The smallest absolute Gasteiger partial charge is 0.236 e. The fourth-order valence-electron chi connectivity index (χ4n) is 1.36. The molecule has 0 saturated heterocycles. The van der Waals surface area contributed by atoms with Gasteiger partial charge in [0.05, 0.1) is 0 Å². The van der Waals surface area contributed by atoms with Crippen molar-refractivity contribution in [1.82, 2.24) is 5.43 Å². The molecule has 15 heavy (non-hydrogen) atoms. The van der Waals surface area contributed by atoms with Gasteiger partial charge in [0.2, 0.25) is 5.91 Å². The summed E-state index contributed by atoms with van der Waals surface area (Å²) in [5, 5.41) is 3.97. The van der Waals surface area contributed by atoms with E-state index in [4.69, 9.17) is 0 Å². The molecule has 0 aliphatic heterocycles. The van der Waals surface area contributed by atoms with Crippen LogP contribution in [0.5, 0.6) is 0 Å². The number of amides is 1. The second kappa shape index (κ2) is 5.89. The lowest BCUT2D eigenvalue weighted by atomic mass is 9.77. The Bertz CT molecular complexity index is 226. The Morgan fingerprint density at radius 2 is 1.93 bits per heavy atom. The zero-order valence-electron chi connectivity index (χ0n) is 10.8. The lowest BCUT2D eigenvalue weighted by Gasteiger charge is -2.28. The number of carbonyl (C=O) groups is 1. The number of hydrogen-bond acceptors (Lipinski definition) is 2. The van der Waals surface area contributed by atoms with Gasteiger partial charge in [-0.25, -0.2) is 5.43 Å². The fraction of sp³-hybridized carbons (Fsp3) is 0.833. The highest BCUT2D eigenvalue weighted by Gasteiger charge is 2.23. The molecule has 0 radical (unpaired) electrons. The molecule has 0 aromatic heterocycles. The predicted octanol–water partition coefficient (Wildman–Crippen LogP) is 2.82. The SMILES string of the molecule is CC(=O)N/N=C/C(CC(C)C)C(C)(C)C. The molecule has 0 aromatic rings. The van der Waals surface area contributed by atoms with Crippen molar-refractivity contribution in [3.05, 3.63) is 0 Å². The summed E-state index contributed by atoms with van der Waals surface area (Å²) in [5.41, 5.74) is 2.64. The number of hydrazone groups is 1. The van der Waals surface area contributed by atoms with E-state index in [-0.39, 0.29) is 11.3 Å². The minimum Gasteiger partial charge on any atom is -0.274 e. The van der Waals surface area contributed by atoms with Crippen molar-refractivity contribution in [2.75, 3.05) is 0 Å². The molecule has 0 bridgehead atoms. The molecular weight excluding hydrogens is 188 g/mol. The summed E-state index contributed by atoms with van der Waals surface area (Å²) < 4.78 is 0. The molecule has 0 aliphatic carbocycles. The molecule has 88 valence electrons. The van der Waals surface area contributed by atoms with E-state index < -0.39 is 0 Å². The van der Waals surface area contributed by atoms with E-state index in [1.54, 1.807) is 0 Å². The number of rotatable bonds is 4. The third-order valence-corrected chi connectivity index (χ3v) is 2.31. The molecular formula is C12H24N2O. The minimum atomic E-state index is -0.122. The molecule has 0 fully saturated rings. The second-order valence-corrected chi connectivity index (χ2v) is 5.55. The monoisotopic (exact) mass is 212 g/mol. The Kier molecular flexibility index (Phi) is 5.55. The largest absolute Gasteiger partial charge is 0.274 e. The Hall–Kier alpha value is -0.860. The molecule has 1 amide bonds. The van der Waals surface area contributed by atoms with Gasteiger partial charge in [-0.2, -0.15) is 5.10 Å². The molecule has 0 saturated carbocycles. The van der Waals surface area contributed by atoms with Crippen LogP contribution >= 0.6 is 0 Å². The van der Waals surface area contributed by atoms with Crippen LogP contribution < -0.4 is 5.43 Å². The first-order valence-corrected chi connectivity index (χ1v) is 5.53. The average molecular weight is 212 g/mol. The molecule has 0 aliphatic rings. The minimum absolute atomic E-state index is 0.122. The van der Waals surface area contributed by atoms with Gasteiger partial charge in [0.25, 0.3) is 0 Å². The summed E-state index contributed by atoms with van der Waals surface area (Å²) in [6.45, 7) is 12.4. The Morgan fingerprint density at radius 3 is 2.27 bits per heavy atom. The molecule has 3 nitrogen and oxygen atoms in total. The van der Waals surface area contributed by atoms with Crippen molar-refractivity contribution in [3.63, 3.8) is 0 Å². The predicted molar refractivity (Wildman–Crippen MR) is 64.7 cm³/mol. The molecule has 3 heteroatoms. The molecule has 0 heterocycles. The zero-order valence-corrected chi connectivity index (χ0v) is 10.8. The topological polar surface area (TPSA) is 41.5 Å². The second-order valence-electron chi connectivity index (χ2n) is 5.55. The van der Waals surface area contributed by atoms with Crippen molar-refractivity contribution in [1.29, 1.82) is 0 Å². The number of nitrogens with zero attached hydrogens (tertiary/aromatic N) is 1. The summed E-state index contributed by atoms with van der Waals surface area (Å²) in [6.07, 6.45) is 2.95. The molecule has 0 rings (SSSR count). The Labute approximate surface area is 93.3 Å². The maximum atomic E-state index is 10.7. The molecule has 0 aromatic carbocycles. The zero-order chi connectivity index (χ0) is 12.1. The molecule has 1 atom stereocenters. The van der Waals surface area contributed by atoms with Gasteiger partial charge < -0.3 is 0 Å². The van der Waals surface area contributed by atoms with Crippen LogP contribution in [0, 0.1) is 17.3 Å². The summed E-state index contributed by atoms with van der Waals surface area (Å²) in [7, 11) is 0. The van der Waals surface area contributed by atoms with Crippen LogP contribution in [0.2, 0.25) is 0 Å². The van der Waals surface area contributed by atoms with Crippen LogP contribution in [-0.4, -0.2) is 12.1 Å².